The van der Waals surface area contributed by atoms with E-state index in [9.17, 15) is 9.59 Å². The summed E-state index contributed by atoms with van der Waals surface area (Å²) in [6.07, 6.45) is 1.84. The second-order valence-electron chi connectivity index (χ2n) is 5.04. The third kappa shape index (κ3) is 3.52. The van der Waals surface area contributed by atoms with E-state index in [4.69, 9.17) is 0 Å². The molecule has 0 spiro atoms. The van der Waals surface area contributed by atoms with Gasteiger partial charge in [0.2, 0.25) is 5.91 Å². The van der Waals surface area contributed by atoms with E-state index in [0.717, 1.165) is 16.5 Å². The van der Waals surface area contributed by atoms with E-state index in [1.165, 1.54) is 0 Å². The van der Waals surface area contributed by atoms with Crippen molar-refractivity contribution in [3.05, 3.63) is 78.0 Å². The van der Waals surface area contributed by atoms with Gasteiger partial charge in [-0.25, -0.2) is 0 Å². The van der Waals surface area contributed by atoms with Crippen molar-refractivity contribution in [2.45, 2.75) is 6.42 Å². The zero-order valence-electron chi connectivity index (χ0n) is 12.3. The van der Waals surface area contributed by atoms with Gasteiger partial charge in [-0.15, -0.1) is 0 Å². The van der Waals surface area contributed by atoms with Crippen molar-refractivity contribution >= 4 is 22.7 Å². The summed E-state index contributed by atoms with van der Waals surface area (Å²) < 4.78 is 0. The fraction of sp³-hybridized carbons (Fsp3) is 0.0556. The van der Waals surface area contributed by atoms with Crippen molar-refractivity contribution in [3.8, 4) is 0 Å². The van der Waals surface area contributed by atoms with Crippen LogP contribution < -0.4 is 10.9 Å². The molecule has 2 amide bonds. The predicted octanol–water partition coefficient (Wildman–Crippen LogP) is 2.24. The first kappa shape index (κ1) is 14.7. The minimum absolute atomic E-state index is 0.142. The molecule has 0 aliphatic carbocycles. The van der Waals surface area contributed by atoms with Crippen LogP contribution in [0.2, 0.25) is 0 Å². The van der Waals surface area contributed by atoms with Gasteiger partial charge in [-0.05, 0) is 23.8 Å². The summed E-state index contributed by atoms with van der Waals surface area (Å²) in [4.78, 5) is 28.2. The van der Waals surface area contributed by atoms with Crippen molar-refractivity contribution in [2.24, 2.45) is 0 Å². The molecule has 0 unspecified atom stereocenters. The molecular formula is C18H15N3O2. The number of benzene rings is 2. The molecule has 0 fully saturated rings. The number of nitrogens with one attached hydrogen (secondary N) is 2. The molecule has 114 valence electrons. The Kier molecular flexibility index (Phi) is 4.29. The van der Waals surface area contributed by atoms with Crippen LogP contribution in [0, 0.1) is 0 Å². The molecule has 2 aromatic carbocycles. The quantitative estimate of drug-likeness (QED) is 0.729. The summed E-state index contributed by atoms with van der Waals surface area (Å²) in [6, 6.07) is 18.2. The van der Waals surface area contributed by atoms with E-state index in [1.807, 2.05) is 36.4 Å². The summed E-state index contributed by atoms with van der Waals surface area (Å²) in [5, 5.41) is 0.978. The standard InChI is InChI=1S/C18H15N3O2/c22-16(20-21-18(23)14-6-2-1-3-7-14)12-15-9-4-8-13-10-5-11-19-17(13)15/h1-11H,12H2,(H,20,22)(H,21,23). The monoisotopic (exact) mass is 305 g/mol. The van der Waals surface area contributed by atoms with Crippen molar-refractivity contribution in [1.82, 2.24) is 15.8 Å². The van der Waals surface area contributed by atoms with Crippen LogP contribution in [-0.2, 0) is 11.2 Å². The number of hydrazine groups is 1. The highest BCUT2D eigenvalue weighted by atomic mass is 16.2. The van der Waals surface area contributed by atoms with Gasteiger partial charge < -0.3 is 0 Å². The molecule has 0 aliphatic heterocycles. The Morgan fingerprint density at radius 1 is 0.870 bits per heavy atom. The molecule has 0 radical (unpaired) electrons. The third-order valence-electron chi connectivity index (χ3n) is 3.42. The summed E-state index contributed by atoms with van der Waals surface area (Å²) >= 11 is 0. The van der Waals surface area contributed by atoms with Gasteiger partial charge in [0.05, 0.1) is 11.9 Å². The van der Waals surface area contributed by atoms with E-state index >= 15 is 0 Å². The van der Waals surface area contributed by atoms with Crippen LogP contribution in [0.3, 0.4) is 0 Å². The second-order valence-corrected chi connectivity index (χ2v) is 5.04. The van der Waals surface area contributed by atoms with Gasteiger partial charge >= 0.3 is 0 Å². The van der Waals surface area contributed by atoms with Crippen molar-refractivity contribution in [1.29, 1.82) is 0 Å². The topological polar surface area (TPSA) is 71.1 Å². The van der Waals surface area contributed by atoms with Gasteiger partial charge in [0, 0.05) is 17.1 Å². The fourth-order valence-electron chi connectivity index (χ4n) is 2.32. The Morgan fingerprint density at radius 3 is 2.48 bits per heavy atom. The molecule has 0 saturated carbocycles. The van der Waals surface area contributed by atoms with E-state index in [-0.39, 0.29) is 18.2 Å². The van der Waals surface area contributed by atoms with Crippen LogP contribution in [0.4, 0.5) is 0 Å². The van der Waals surface area contributed by atoms with E-state index in [2.05, 4.69) is 15.8 Å². The SMILES string of the molecule is O=C(Cc1cccc2cccnc12)NNC(=O)c1ccccc1. The molecule has 3 rings (SSSR count). The van der Waals surface area contributed by atoms with Crippen LogP contribution in [0.5, 0.6) is 0 Å². The maximum atomic E-state index is 12.0. The Morgan fingerprint density at radius 2 is 1.65 bits per heavy atom. The Bertz CT molecular complexity index is 842. The smallest absolute Gasteiger partial charge is 0.269 e. The number of amides is 2. The number of aromatic nitrogens is 1. The van der Waals surface area contributed by atoms with Gasteiger partial charge in [0.15, 0.2) is 0 Å². The Labute approximate surface area is 133 Å². The van der Waals surface area contributed by atoms with Crippen LogP contribution >= 0.6 is 0 Å². The zero-order valence-corrected chi connectivity index (χ0v) is 12.3. The van der Waals surface area contributed by atoms with E-state index < -0.39 is 0 Å². The summed E-state index contributed by atoms with van der Waals surface area (Å²) in [7, 11) is 0. The number of rotatable bonds is 3. The molecule has 2 N–H and O–H groups in total. The largest absolute Gasteiger partial charge is 0.273 e. The number of para-hydroxylation sites is 1. The van der Waals surface area contributed by atoms with Gasteiger partial charge in [0.1, 0.15) is 0 Å². The van der Waals surface area contributed by atoms with E-state index in [1.54, 1.807) is 30.5 Å². The Balaban J connectivity index is 1.64. The van der Waals surface area contributed by atoms with Gasteiger partial charge in [0.25, 0.3) is 5.91 Å². The summed E-state index contributed by atoms with van der Waals surface area (Å²) in [5.41, 5.74) is 6.93. The molecule has 0 saturated heterocycles. The lowest BCUT2D eigenvalue weighted by Crippen LogP contribution is -2.42. The number of hydrogen-bond acceptors (Lipinski definition) is 3. The average molecular weight is 305 g/mol. The molecule has 0 aliphatic rings. The average Bonchev–Trinajstić information content (AvgIpc) is 2.61. The maximum absolute atomic E-state index is 12.0. The van der Waals surface area contributed by atoms with Crippen LogP contribution in [-0.4, -0.2) is 16.8 Å². The molecule has 3 aromatic rings. The third-order valence-corrected chi connectivity index (χ3v) is 3.42. The minimum atomic E-state index is -0.352. The number of fused-ring (bicyclic) bond motifs is 1. The maximum Gasteiger partial charge on any atom is 0.269 e. The molecule has 5 heteroatoms. The van der Waals surface area contributed by atoms with Crippen LogP contribution in [0.1, 0.15) is 15.9 Å². The van der Waals surface area contributed by atoms with E-state index in [0.29, 0.717) is 5.56 Å². The fourth-order valence-corrected chi connectivity index (χ4v) is 2.32. The molecule has 1 aromatic heterocycles. The minimum Gasteiger partial charge on any atom is -0.273 e. The van der Waals surface area contributed by atoms with Crippen molar-refractivity contribution in [3.63, 3.8) is 0 Å². The summed E-state index contributed by atoms with van der Waals surface area (Å²) in [5.74, 6) is -0.651. The number of carbonyl (C=O) groups is 2. The highest BCUT2D eigenvalue weighted by Crippen LogP contribution is 2.16. The molecule has 0 bridgehead atoms. The molecule has 1 heterocycles. The normalized spacial score (nSPS) is 10.3. The van der Waals surface area contributed by atoms with Crippen LogP contribution in [0.25, 0.3) is 10.9 Å². The number of carbonyl (C=O) groups excluding carboxylic acids is 2. The lowest BCUT2D eigenvalue weighted by Gasteiger charge is -2.08. The molecule has 0 atom stereocenters. The molecular weight excluding hydrogens is 290 g/mol. The van der Waals surface area contributed by atoms with Gasteiger partial charge in [-0.1, -0.05) is 42.5 Å². The van der Waals surface area contributed by atoms with Gasteiger partial charge in [-0.3, -0.25) is 25.4 Å². The first-order valence-corrected chi connectivity index (χ1v) is 7.21. The zero-order chi connectivity index (χ0) is 16.1. The highest BCUT2D eigenvalue weighted by Gasteiger charge is 2.09. The first-order chi connectivity index (χ1) is 11.2. The van der Waals surface area contributed by atoms with Gasteiger partial charge in [-0.2, -0.15) is 0 Å². The number of pyridine rings is 1. The van der Waals surface area contributed by atoms with Crippen molar-refractivity contribution < 1.29 is 9.59 Å². The number of hydrogen-bond donors (Lipinski definition) is 2. The van der Waals surface area contributed by atoms with Crippen LogP contribution in [0.15, 0.2) is 66.9 Å². The molecule has 23 heavy (non-hydrogen) atoms. The first-order valence-electron chi connectivity index (χ1n) is 7.21. The lowest BCUT2D eigenvalue weighted by molar-refractivity contribution is -0.121. The predicted molar refractivity (Wildman–Crippen MR) is 87.5 cm³/mol. The highest BCUT2D eigenvalue weighted by molar-refractivity contribution is 5.95. The number of nitrogens with zero attached hydrogens (tertiary/aromatic N) is 1. The lowest BCUT2D eigenvalue weighted by atomic mass is 10.1. The second kappa shape index (κ2) is 6.70. The molecule has 5 nitrogen and oxygen atoms in total. The van der Waals surface area contributed by atoms with Crippen molar-refractivity contribution in [2.75, 3.05) is 0 Å². The Hall–Kier alpha value is -3.21. The summed E-state index contributed by atoms with van der Waals surface area (Å²) in [6.45, 7) is 0.